The third kappa shape index (κ3) is 3.43. The number of anilines is 1. The lowest BCUT2D eigenvalue weighted by atomic mass is 10.2. The van der Waals surface area contributed by atoms with Gasteiger partial charge >= 0.3 is 0 Å². The molecule has 1 N–H and O–H groups in total. The van der Waals surface area contributed by atoms with E-state index in [0.29, 0.717) is 5.69 Å². The summed E-state index contributed by atoms with van der Waals surface area (Å²) in [4.78, 5) is 7.24. The van der Waals surface area contributed by atoms with Gasteiger partial charge in [-0.05, 0) is 36.2 Å². The van der Waals surface area contributed by atoms with Gasteiger partial charge in [0.25, 0.3) is 10.0 Å². The summed E-state index contributed by atoms with van der Waals surface area (Å²) in [5, 5.41) is -0.00275. The van der Waals surface area contributed by atoms with Crippen LogP contribution in [-0.4, -0.2) is 18.4 Å². The molecule has 2 rings (SSSR count). The number of aromatic nitrogens is 2. The second-order valence-corrected chi connectivity index (χ2v) is 6.63. The van der Waals surface area contributed by atoms with Crippen molar-refractivity contribution in [3.8, 4) is 0 Å². The molecule has 1 aromatic carbocycles. The van der Waals surface area contributed by atoms with Crippen LogP contribution in [0.5, 0.6) is 0 Å². The third-order valence-electron chi connectivity index (χ3n) is 2.33. The van der Waals surface area contributed by atoms with Crippen LogP contribution in [0.1, 0.15) is 5.56 Å². The van der Waals surface area contributed by atoms with Crippen molar-refractivity contribution < 1.29 is 8.42 Å². The van der Waals surface area contributed by atoms with Gasteiger partial charge in [-0.3, -0.25) is 4.72 Å². The molecule has 0 aliphatic heterocycles. The summed E-state index contributed by atoms with van der Waals surface area (Å²) >= 11 is 8.86. The predicted molar refractivity (Wildman–Crippen MR) is 76.7 cm³/mol. The van der Waals surface area contributed by atoms with Crippen molar-refractivity contribution in [1.82, 2.24) is 9.97 Å². The van der Waals surface area contributed by atoms with E-state index in [1.807, 2.05) is 6.92 Å². The highest BCUT2D eigenvalue weighted by molar-refractivity contribution is 9.10. The molecular formula is C11H9BrClN3O2S. The van der Waals surface area contributed by atoms with Crippen molar-refractivity contribution in [2.45, 2.75) is 11.8 Å². The minimum absolute atomic E-state index is 0.00275. The first-order chi connectivity index (χ1) is 8.88. The van der Waals surface area contributed by atoms with Gasteiger partial charge in [-0.25, -0.2) is 18.4 Å². The fourth-order valence-electron chi connectivity index (χ4n) is 1.31. The first-order valence-electron chi connectivity index (χ1n) is 5.15. The molecule has 0 fully saturated rings. The Kier molecular flexibility index (Phi) is 4.07. The molecule has 0 aliphatic rings. The van der Waals surface area contributed by atoms with Gasteiger partial charge in [-0.2, -0.15) is 0 Å². The van der Waals surface area contributed by atoms with Crippen molar-refractivity contribution in [2.75, 3.05) is 4.72 Å². The quantitative estimate of drug-likeness (QED) is 0.852. The first kappa shape index (κ1) is 14.2. The van der Waals surface area contributed by atoms with Crippen LogP contribution in [0.4, 0.5) is 5.69 Å². The number of hydrogen-bond donors (Lipinski definition) is 1. The lowest BCUT2D eigenvalue weighted by Gasteiger charge is -2.08. The van der Waals surface area contributed by atoms with Gasteiger partial charge in [-0.1, -0.05) is 22.0 Å². The Morgan fingerprint density at radius 3 is 2.47 bits per heavy atom. The molecule has 8 heteroatoms. The molecular weight excluding hydrogens is 354 g/mol. The van der Waals surface area contributed by atoms with E-state index < -0.39 is 10.0 Å². The number of aryl methyl sites for hydroxylation is 1. The molecule has 2 aromatic rings. The topological polar surface area (TPSA) is 72.0 Å². The molecule has 0 atom stereocenters. The Labute approximate surface area is 124 Å². The largest absolute Gasteiger partial charge is 0.279 e. The maximum atomic E-state index is 12.1. The van der Waals surface area contributed by atoms with Crippen molar-refractivity contribution in [1.29, 1.82) is 0 Å². The average Bonchev–Trinajstić information content (AvgIpc) is 2.34. The Morgan fingerprint density at radius 2 is 1.89 bits per heavy atom. The standard InChI is InChI=1S/C11H9BrClN3O2S/c1-7-2-3-8(4-10(7)12)16-19(17,18)9-5-14-11(13)15-6-9/h2-6,16H,1H3. The number of sulfonamides is 1. The minimum Gasteiger partial charge on any atom is -0.279 e. The molecule has 0 radical (unpaired) electrons. The molecule has 1 heterocycles. The summed E-state index contributed by atoms with van der Waals surface area (Å²) in [5.41, 5.74) is 1.46. The maximum Gasteiger partial charge on any atom is 0.264 e. The Balaban J connectivity index is 2.30. The average molecular weight is 363 g/mol. The van der Waals surface area contributed by atoms with Gasteiger partial charge < -0.3 is 0 Å². The van der Waals surface area contributed by atoms with E-state index in [9.17, 15) is 8.42 Å². The van der Waals surface area contributed by atoms with Gasteiger partial charge in [0, 0.05) is 10.2 Å². The summed E-state index contributed by atoms with van der Waals surface area (Å²) < 4.78 is 27.4. The predicted octanol–water partition coefficient (Wildman–Crippen LogP) is 3.00. The highest BCUT2D eigenvalue weighted by Gasteiger charge is 2.15. The summed E-state index contributed by atoms with van der Waals surface area (Å²) in [7, 11) is -3.71. The normalized spacial score (nSPS) is 11.3. The van der Waals surface area contributed by atoms with E-state index in [1.165, 1.54) is 0 Å². The van der Waals surface area contributed by atoms with E-state index in [0.717, 1.165) is 22.4 Å². The van der Waals surface area contributed by atoms with Crippen molar-refractivity contribution in [3.05, 3.63) is 45.9 Å². The van der Waals surface area contributed by atoms with Crippen LogP contribution in [0.3, 0.4) is 0 Å². The van der Waals surface area contributed by atoms with Crippen molar-refractivity contribution in [2.24, 2.45) is 0 Å². The SMILES string of the molecule is Cc1ccc(NS(=O)(=O)c2cnc(Cl)nc2)cc1Br. The Morgan fingerprint density at radius 1 is 1.26 bits per heavy atom. The fraction of sp³-hybridized carbons (Fsp3) is 0.0909. The smallest absolute Gasteiger partial charge is 0.264 e. The van der Waals surface area contributed by atoms with Crippen LogP contribution in [0.15, 0.2) is 40.0 Å². The molecule has 100 valence electrons. The first-order valence-corrected chi connectivity index (χ1v) is 7.80. The summed E-state index contributed by atoms with van der Waals surface area (Å²) in [6, 6.07) is 5.17. The zero-order valence-electron chi connectivity index (χ0n) is 9.76. The zero-order chi connectivity index (χ0) is 14.0. The van der Waals surface area contributed by atoms with Gasteiger partial charge in [0.2, 0.25) is 5.28 Å². The Hall–Kier alpha value is -1.18. The molecule has 19 heavy (non-hydrogen) atoms. The van der Waals surface area contributed by atoms with Gasteiger partial charge in [0.05, 0.1) is 12.4 Å². The van der Waals surface area contributed by atoms with Crippen LogP contribution in [0.2, 0.25) is 5.28 Å². The molecule has 0 spiro atoms. The monoisotopic (exact) mass is 361 g/mol. The third-order valence-corrected chi connectivity index (χ3v) is 4.72. The van der Waals surface area contributed by atoms with E-state index in [2.05, 4.69) is 30.6 Å². The van der Waals surface area contributed by atoms with E-state index >= 15 is 0 Å². The molecule has 0 saturated carbocycles. The number of nitrogens with one attached hydrogen (secondary N) is 1. The minimum atomic E-state index is -3.71. The number of rotatable bonds is 3. The maximum absolute atomic E-state index is 12.1. The Bertz CT molecular complexity index is 704. The molecule has 0 amide bonds. The van der Waals surface area contributed by atoms with Crippen LogP contribution in [0, 0.1) is 6.92 Å². The second-order valence-electron chi connectivity index (χ2n) is 3.76. The highest BCUT2D eigenvalue weighted by Crippen LogP contribution is 2.22. The van der Waals surface area contributed by atoms with Gasteiger partial charge in [-0.15, -0.1) is 0 Å². The lowest BCUT2D eigenvalue weighted by Crippen LogP contribution is -2.13. The van der Waals surface area contributed by atoms with Crippen molar-refractivity contribution >= 4 is 43.2 Å². The van der Waals surface area contributed by atoms with Gasteiger partial charge in [0.15, 0.2) is 0 Å². The van der Waals surface area contributed by atoms with Crippen molar-refractivity contribution in [3.63, 3.8) is 0 Å². The van der Waals surface area contributed by atoms with E-state index in [4.69, 9.17) is 11.6 Å². The molecule has 0 bridgehead atoms. The number of hydrogen-bond acceptors (Lipinski definition) is 4. The number of halogens is 2. The van der Waals surface area contributed by atoms with Crippen LogP contribution in [-0.2, 0) is 10.0 Å². The van der Waals surface area contributed by atoms with Gasteiger partial charge in [0.1, 0.15) is 4.90 Å². The number of benzene rings is 1. The summed E-state index contributed by atoms with van der Waals surface area (Å²) in [5.74, 6) is 0. The summed E-state index contributed by atoms with van der Waals surface area (Å²) in [6.07, 6.45) is 2.31. The fourth-order valence-corrected chi connectivity index (χ4v) is 2.72. The molecule has 0 unspecified atom stereocenters. The van der Waals surface area contributed by atoms with E-state index in [1.54, 1.807) is 18.2 Å². The van der Waals surface area contributed by atoms with E-state index in [-0.39, 0.29) is 10.2 Å². The lowest BCUT2D eigenvalue weighted by molar-refractivity contribution is 0.600. The number of nitrogens with zero attached hydrogens (tertiary/aromatic N) is 2. The van der Waals surface area contributed by atoms with Crippen LogP contribution < -0.4 is 4.72 Å². The second kappa shape index (κ2) is 5.44. The highest BCUT2D eigenvalue weighted by atomic mass is 79.9. The molecule has 1 aromatic heterocycles. The molecule has 0 saturated heterocycles. The zero-order valence-corrected chi connectivity index (χ0v) is 12.9. The molecule has 0 aliphatic carbocycles. The van der Waals surface area contributed by atoms with Crippen LogP contribution >= 0.6 is 27.5 Å². The summed E-state index contributed by atoms with van der Waals surface area (Å²) in [6.45, 7) is 1.91. The molecule has 5 nitrogen and oxygen atoms in total. The van der Waals surface area contributed by atoms with Crippen LogP contribution in [0.25, 0.3) is 0 Å².